The molecule has 3 N–H and O–H groups in total. The van der Waals surface area contributed by atoms with Gasteiger partial charge >= 0.3 is 0 Å². The highest BCUT2D eigenvalue weighted by Crippen LogP contribution is 2.24. The predicted molar refractivity (Wildman–Crippen MR) is 95.1 cm³/mol. The molecule has 134 valence electrons. The molecule has 1 atom stereocenters. The van der Waals surface area contributed by atoms with E-state index in [0.717, 1.165) is 56.5 Å². The van der Waals surface area contributed by atoms with Crippen LogP contribution in [0.15, 0.2) is 12.7 Å². The summed E-state index contributed by atoms with van der Waals surface area (Å²) in [6, 6.07) is 0.668. The number of amides is 1. The molecule has 8 heteroatoms. The van der Waals surface area contributed by atoms with E-state index in [-0.39, 0.29) is 11.8 Å². The van der Waals surface area contributed by atoms with Gasteiger partial charge in [0.25, 0.3) is 0 Å². The van der Waals surface area contributed by atoms with Gasteiger partial charge in [0.05, 0.1) is 12.2 Å². The summed E-state index contributed by atoms with van der Waals surface area (Å²) in [7, 11) is 2.08. The molecule has 8 nitrogen and oxygen atoms in total. The molecule has 1 saturated carbocycles. The number of imidazole rings is 1. The number of rotatable bonds is 4. The number of nitrogens with zero attached hydrogens (tertiary/aromatic N) is 4. The summed E-state index contributed by atoms with van der Waals surface area (Å²) in [5.41, 5.74) is 1.53. The van der Waals surface area contributed by atoms with E-state index in [4.69, 9.17) is 0 Å². The fraction of sp³-hybridized carbons (Fsp3) is 0.647. The molecule has 3 heterocycles. The second-order valence-electron chi connectivity index (χ2n) is 7.27. The number of hydrogen-bond donors (Lipinski definition) is 3. The molecule has 2 fully saturated rings. The first-order chi connectivity index (χ1) is 12.2. The Morgan fingerprint density at radius 3 is 2.72 bits per heavy atom. The quantitative estimate of drug-likeness (QED) is 0.770. The van der Waals surface area contributed by atoms with Gasteiger partial charge in [-0.15, -0.1) is 0 Å². The topological polar surface area (TPSA) is 98.8 Å². The van der Waals surface area contributed by atoms with Crippen LogP contribution in [0.25, 0.3) is 11.2 Å². The number of carbonyl (C=O) groups excluding carboxylic acids is 1. The molecule has 4 rings (SSSR count). The van der Waals surface area contributed by atoms with Crippen LogP contribution < -0.4 is 10.6 Å². The summed E-state index contributed by atoms with van der Waals surface area (Å²) in [6.07, 6.45) is 8.21. The Bertz CT molecular complexity index is 737. The maximum Gasteiger partial charge on any atom is 0.224 e. The number of aromatic amines is 1. The van der Waals surface area contributed by atoms with E-state index < -0.39 is 0 Å². The van der Waals surface area contributed by atoms with Gasteiger partial charge in [0, 0.05) is 18.6 Å². The molecule has 1 aliphatic heterocycles. The predicted octanol–water partition coefficient (Wildman–Crippen LogP) is 1.14. The zero-order valence-electron chi connectivity index (χ0n) is 14.5. The highest BCUT2D eigenvalue weighted by molar-refractivity contribution is 5.82. The van der Waals surface area contributed by atoms with Gasteiger partial charge in [0.2, 0.25) is 5.91 Å². The smallest absolute Gasteiger partial charge is 0.224 e. The number of aromatic nitrogens is 4. The van der Waals surface area contributed by atoms with E-state index in [1.807, 2.05) is 0 Å². The summed E-state index contributed by atoms with van der Waals surface area (Å²) in [5, 5.41) is 6.76. The number of fused-ring (bicyclic) bond motifs is 1. The van der Waals surface area contributed by atoms with Crippen molar-refractivity contribution in [1.82, 2.24) is 30.2 Å². The van der Waals surface area contributed by atoms with E-state index in [9.17, 15) is 4.79 Å². The summed E-state index contributed by atoms with van der Waals surface area (Å²) in [6.45, 7) is 1.91. The van der Waals surface area contributed by atoms with Crippen molar-refractivity contribution in [1.29, 1.82) is 0 Å². The first-order valence-corrected chi connectivity index (χ1v) is 9.08. The average molecular weight is 343 g/mol. The van der Waals surface area contributed by atoms with Crippen molar-refractivity contribution in [2.45, 2.75) is 44.2 Å². The minimum absolute atomic E-state index is 0.163. The summed E-state index contributed by atoms with van der Waals surface area (Å²) in [4.78, 5) is 30.3. The van der Waals surface area contributed by atoms with Crippen molar-refractivity contribution < 1.29 is 4.79 Å². The largest absolute Gasteiger partial charge is 0.365 e. The second-order valence-corrected chi connectivity index (χ2v) is 7.27. The molecule has 0 aromatic carbocycles. The van der Waals surface area contributed by atoms with Crippen LogP contribution in [-0.2, 0) is 4.79 Å². The van der Waals surface area contributed by atoms with Gasteiger partial charge in [-0.25, -0.2) is 15.0 Å². The van der Waals surface area contributed by atoms with Crippen molar-refractivity contribution in [2.24, 2.45) is 5.92 Å². The van der Waals surface area contributed by atoms with Crippen molar-refractivity contribution in [2.75, 3.05) is 25.5 Å². The van der Waals surface area contributed by atoms with E-state index in [1.165, 1.54) is 6.33 Å². The molecule has 2 aromatic heterocycles. The van der Waals surface area contributed by atoms with Gasteiger partial charge in [-0.05, 0) is 45.7 Å². The molecule has 1 saturated heterocycles. The van der Waals surface area contributed by atoms with E-state index in [2.05, 4.69) is 42.5 Å². The highest BCUT2D eigenvalue weighted by atomic mass is 16.2. The van der Waals surface area contributed by atoms with Gasteiger partial charge in [-0.3, -0.25) is 4.79 Å². The van der Waals surface area contributed by atoms with Crippen LogP contribution in [-0.4, -0.2) is 63.0 Å². The molecule has 0 bridgehead atoms. The Labute approximate surface area is 146 Å². The van der Waals surface area contributed by atoms with Crippen molar-refractivity contribution in [3.8, 4) is 0 Å². The number of anilines is 1. The average Bonchev–Trinajstić information content (AvgIpc) is 3.26. The Morgan fingerprint density at radius 1 is 1.16 bits per heavy atom. The Kier molecular flexibility index (Phi) is 4.52. The number of carbonyl (C=O) groups is 1. The highest BCUT2D eigenvalue weighted by Gasteiger charge is 2.29. The first-order valence-electron chi connectivity index (χ1n) is 9.08. The molecule has 25 heavy (non-hydrogen) atoms. The normalized spacial score (nSPS) is 27.5. The molecular weight excluding hydrogens is 318 g/mol. The summed E-state index contributed by atoms with van der Waals surface area (Å²) in [5.74, 6) is 1.20. The summed E-state index contributed by atoms with van der Waals surface area (Å²) < 4.78 is 0. The molecule has 1 unspecified atom stereocenters. The zero-order chi connectivity index (χ0) is 17.2. The third kappa shape index (κ3) is 3.58. The fourth-order valence-electron chi connectivity index (χ4n) is 3.92. The lowest BCUT2D eigenvalue weighted by molar-refractivity contribution is -0.125. The van der Waals surface area contributed by atoms with Crippen molar-refractivity contribution >= 4 is 22.9 Å². The SMILES string of the molecule is CN1CCC(C(=O)NC2CCC(Nc3ncnc4nc[nH]c34)CC2)C1. The lowest BCUT2D eigenvalue weighted by Crippen LogP contribution is -2.43. The maximum atomic E-state index is 12.4. The van der Waals surface area contributed by atoms with Crippen LogP contribution in [0.1, 0.15) is 32.1 Å². The maximum absolute atomic E-state index is 12.4. The van der Waals surface area contributed by atoms with E-state index in [0.29, 0.717) is 17.7 Å². The number of hydrogen-bond acceptors (Lipinski definition) is 6. The third-order valence-electron chi connectivity index (χ3n) is 5.40. The molecule has 0 spiro atoms. The minimum atomic E-state index is 0.163. The molecule has 2 aromatic rings. The van der Waals surface area contributed by atoms with E-state index in [1.54, 1.807) is 6.33 Å². The van der Waals surface area contributed by atoms with Crippen LogP contribution in [0, 0.1) is 5.92 Å². The molecular formula is C17H25N7O. The molecule has 2 aliphatic rings. The van der Waals surface area contributed by atoms with Crippen LogP contribution in [0.2, 0.25) is 0 Å². The first kappa shape index (κ1) is 16.3. The van der Waals surface area contributed by atoms with Crippen LogP contribution in [0.3, 0.4) is 0 Å². The number of nitrogens with one attached hydrogen (secondary N) is 3. The van der Waals surface area contributed by atoms with Crippen molar-refractivity contribution in [3.05, 3.63) is 12.7 Å². The number of H-pyrrole nitrogens is 1. The second kappa shape index (κ2) is 6.95. The lowest BCUT2D eigenvalue weighted by Gasteiger charge is -2.30. The zero-order valence-corrected chi connectivity index (χ0v) is 14.5. The van der Waals surface area contributed by atoms with Crippen molar-refractivity contribution in [3.63, 3.8) is 0 Å². The molecule has 1 amide bonds. The van der Waals surface area contributed by atoms with Gasteiger partial charge in [0.15, 0.2) is 11.5 Å². The fourth-order valence-corrected chi connectivity index (χ4v) is 3.92. The van der Waals surface area contributed by atoms with E-state index >= 15 is 0 Å². The van der Waals surface area contributed by atoms with Gasteiger partial charge in [-0.1, -0.05) is 0 Å². The number of likely N-dealkylation sites (tertiary alicyclic amines) is 1. The van der Waals surface area contributed by atoms with Gasteiger partial charge in [-0.2, -0.15) is 0 Å². The van der Waals surface area contributed by atoms with Crippen LogP contribution in [0.5, 0.6) is 0 Å². The summed E-state index contributed by atoms with van der Waals surface area (Å²) >= 11 is 0. The monoisotopic (exact) mass is 343 g/mol. The molecule has 0 radical (unpaired) electrons. The third-order valence-corrected chi connectivity index (χ3v) is 5.40. The minimum Gasteiger partial charge on any atom is -0.365 e. The Balaban J connectivity index is 1.28. The Hall–Kier alpha value is -2.22. The molecule has 1 aliphatic carbocycles. The van der Waals surface area contributed by atoms with Crippen LogP contribution >= 0.6 is 0 Å². The standard InChI is InChI=1S/C17H25N7O/c1-24-7-6-11(8-24)17(25)23-13-4-2-12(3-5-13)22-16-14-15(19-9-18-14)20-10-21-16/h9-13H,2-8H2,1H3,(H,23,25)(H2,18,19,20,21,22). The van der Waals surface area contributed by atoms with Gasteiger partial charge < -0.3 is 20.5 Å². The van der Waals surface area contributed by atoms with Gasteiger partial charge in [0.1, 0.15) is 11.8 Å². The Morgan fingerprint density at radius 2 is 1.96 bits per heavy atom. The van der Waals surface area contributed by atoms with Crippen LogP contribution in [0.4, 0.5) is 5.82 Å². The lowest BCUT2D eigenvalue weighted by atomic mass is 9.90.